The maximum Gasteiger partial charge on any atom is 0.414 e. The number of amidine groups is 1. The van der Waals surface area contributed by atoms with Gasteiger partial charge in [-0.05, 0) is 12.1 Å². The molecule has 2 aliphatic heterocycles. The molecule has 0 amide bonds. The minimum Gasteiger partial charge on any atom is -0.497 e. The lowest BCUT2D eigenvalue weighted by Crippen LogP contribution is -2.40. The van der Waals surface area contributed by atoms with E-state index in [1.54, 1.807) is 7.11 Å². The first-order valence-corrected chi connectivity index (χ1v) is 8.10. The van der Waals surface area contributed by atoms with E-state index in [0.29, 0.717) is 5.25 Å². The van der Waals surface area contributed by atoms with Crippen LogP contribution in [0, 0.1) is 0 Å². The van der Waals surface area contributed by atoms with Gasteiger partial charge in [0.15, 0.2) is 0 Å². The third-order valence-corrected chi connectivity index (χ3v) is 4.73. The molecule has 0 saturated heterocycles. The van der Waals surface area contributed by atoms with Gasteiger partial charge in [0.2, 0.25) is 0 Å². The van der Waals surface area contributed by atoms with Crippen LogP contribution in [0.4, 0.5) is 5.69 Å². The molecule has 1 aromatic rings. The van der Waals surface area contributed by atoms with Crippen LogP contribution in [0.25, 0.3) is 0 Å². The predicted octanol–water partition coefficient (Wildman–Crippen LogP) is 0.763. The number of ether oxygens (including phenoxy) is 1. The molecule has 0 bridgehead atoms. The number of thioether (sulfide) groups is 1. The van der Waals surface area contributed by atoms with Gasteiger partial charge in [-0.15, -0.1) is 11.8 Å². The molecule has 9 heteroatoms. The van der Waals surface area contributed by atoms with Gasteiger partial charge in [0.05, 0.1) is 24.6 Å². The number of aliphatic carboxylic acids is 2. The van der Waals surface area contributed by atoms with E-state index in [0.717, 1.165) is 31.2 Å². The summed E-state index contributed by atoms with van der Waals surface area (Å²) in [6.07, 6.45) is 0. The number of carbonyl (C=O) groups is 2. The molecule has 3 N–H and O–H groups in total. The average Bonchev–Trinajstić information content (AvgIpc) is 3.09. The average molecular weight is 353 g/mol. The number of anilines is 1. The Balaban J connectivity index is 0.000000301. The molecule has 3 rings (SSSR count). The predicted molar refractivity (Wildman–Crippen MR) is 91.5 cm³/mol. The van der Waals surface area contributed by atoms with Gasteiger partial charge in [0, 0.05) is 31.1 Å². The Hall–Kier alpha value is -2.42. The third kappa shape index (κ3) is 4.31. The Labute approximate surface area is 143 Å². The number of hydrogen-bond donors (Lipinski definition) is 3. The van der Waals surface area contributed by atoms with E-state index < -0.39 is 11.9 Å². The number of methoxy groups -OCH3 is 1. The minimum atomic E-state index is -1.82. The summed E-state index contributed by atoms with van der Waals surface area (Å²) in [6.45, 7) is 2.87. The lowest BCUT2D eigenvalue weighted by Gasteiger charge is -2.33. The standard InChI is InChI=1S/C13H17N3OS.C2H2O4/c1-16-8-12(13-14-5-6-15-13)18-11-4-3-9(17-2)7-10(11)16;3-1(4)2(5)6/h3-4,7,12H,5-6,8H2,1-2H3,(H,14,15);(H,3,4)(H,5,6). The fourth-order valence-corrected chi connectivity index (χ4v) is 3.69. The fraction of sp³-hybridized carbons (Fsp3) is 0.400. The van der Waals surface area contributed by atoms with Gasteiger partial charge < -0.3 is 25.2 Å². The number of carboxylic acid groups (broad SMARTS) is 2. The van der Waals surface area contributed by atoms with E-state index in [-0.39, 0.29) is 0 Å². The molecular formula is C15H19N3O5S. The quantitative estimate of drug-likeness (QED) is 0.668. The Morgan fingerprint density at radius 2 is 2.08 bits per heavy atom. The molecule has 130 valence electrons. The zero-order valence-corrected chi connectivity index (χ0v) is 14.2. The van der Waals surface area contributed by atoms with Crippen LogP contribution in [-0.2, 0) is 9.59 Å². The molecule has 1 aromatic carbocycles. The van der Waals surface area contributed by atoms with Crippen LogP contribution in [0.3, 0.4) is 0 Å². The number of benzene rings is 1. The van der Waals surface area contributed by atoms with Crippen molar-refractivity contribution in [3.63, 3.8) is 0 Å². The Morgan fingerprint density at radius 3 is 2.62 bits per heavy atom. The molecule has 0 saturated carbocycles. The van der Waals surface area contributed by atoms with Crippen molar-refractivity contribution in [1.82, 2.24) is 5.32 Å². The lowest BCUT2D eigenvalue weighted by atomic mass is 10.2. The zero-order valence-electron chi connectivity index (χ0n) is 13.4. The summed E-state index contributed by atoms with van der Waals surface area (Å²) in [5, 5.41) is 18.6. The molecule has 2 aliphatic rings. The molecule has 1 atom stereocenters. The van der Waals surface area contributed by atoms with Gasteiger partial charge in [-0.1, -0.05) is 0 Å². The topological polar surface area (TPSA) is 111 Å². The van der Waals surface area contributed by atoms with Gasteiger partial charge in [-0.25, -0.2) is 9.59 Å². The van der Waals surface area contributed by atoms with E-state index in [9.17, 15) is 0 Å². The van der Waals surface area contributed by atoms with Crippen LogP contribution in [0.2, 0.25) is 0 Å². The SMILES string of the molecule is COc1ccc2c(c1)N(C)CC(C1=NCCN1)S2.O=C(O)C(=O)O. The summed E-state index contributed by atoms with van der Waals surface area (Å²) < 4.78 is 5.28. The second-order valence-electron chi connectivity index (χ2n) is 5.12. The highest BCUT2D eigenvalue weighted by Crippen LogP contribution is 2.40. The molecule has 0 radical (unpaired) electrons. The number of aliphatic imine (C=N–C) groups is 1. The molecule has 24 heavy (non-hydrogen) atoms. The summed E-state index contributed by atoms with van der Waals surface area (Å²) in [6, 6.07) is 6.26. The van der Waals surface area contributed by atoms with Crippen LogP contribution >= 0.6 is 11.8 Å². The number of hydrogen-bond acceptors (Lipinski definition) is 7. The summed E-state index contributed by atoms with van der Waals surface area (Å²) in [7, 11) is 3.83. The van der Waals surface area contributed by atoms with Gasteiger partial charge in [0.1, 0.15) is 11.6 Å². The molecule has 8 nitrogen and oxygen atoms in total. The Kier molecular flexibility index (Phi) is 5.91. The maximum atomic E-state index is 9.10. The van der Waals surface area contributed by atoms with Crippen LogP contribution < -0.4 is 15.0 Å². The normalized spacial score (nSPS) is 18.5. The van der Waals surface area contributed by atoms with Crippen molar-refractivity contribution in [1.29, 1.82) is 0 Å². The first-order valence-electron chi connectivity index (χ1n) is 7.22. The second kappa shape index (κ2) is 7.91. The second-order valence-corrected chi connectivity index (χ2v) is 6.37. The minimum absolute atomic E-state index is 0.415. The highest BCUT2D eigenvalue weighted by molar-refractivity contribution is 8.01. The van der Waals surface area contributed by atoms with Crippen molar-refractivity contribution in [3.05, 3.63) is 18.2 Å². The zero-order chi connectivity index (χ0) is 17.7. The summed E-state index contributed by atoms with van der Waals surface area (Å²) >= 11 is 1.89. The molecular weight excluding hydrogens is 334 g/mol. The third-order valence-electron chi connectivity index (χ3n) is 3.47. The maximum absolute atomic E-state index is 9.10. The van der Waals surface area contributed by atoms with E-state index in [1.165, 1.54) is 10.6 Å². The summed E-state index contributed by atoms with van der Waals surface area (Å²) in [5.41, 5.74) is 1.24. The highest BCUT2D eigenvalue weighted by Gasteiger charge is 2.28. The molecule has 0 aromatic heterocycles. The van der Waals surface area contributed by atoms with Crippen LogP contribution in [0.5, 0.6) is 5.75 Å². The van der Waals surface area contributed by atoms with Gasteiger partial charge >= 0.3 is 11.9 Å². The van der Waals surface area contributed by atoms with Crippen molar-refractivity contribution in [2.45, 2.75) is 10.1 Å². The van der Waals surface area contributed by atoms with Gasteiger partial charge in [-0.2, -0.15) is 0 Å². The number of carboxylic acids is 2. The van der Waals surface area contributed by atoms with Gasteiger partial charge in [-0.3, -0.25) is 4.99 Å². The van der Waals surface area contributed by atoms with Crippen molar-refractivity contribution in [3.8, 4) is 5.75 Å². The Morgan fingerprint density at radius 1 is 1.38 bits per heavy atom. The highest BCUT2D eigenvalue weighted by atomic mass is 32.2. The largest absolute Gasteiger partial charge is 0.497 e. The molecule has 2 heterocycles. The summed E-state index contributed by atoms with van der Waals surface area (Å²) in [5.74, 6) is -1.59. The van der Waals surface area contributed by atoms with Crippen LogP contribution in [0.15, 0.2) is 28.1 Å². The molecule has 1 unspecified atom stereocenters. The van der Waals surface area contributed by atoms with Crippen molar-refractivity contribution >= 4 is 35.2 Å². The number of fused-ring (bicyclic) bond motifs is 1. The monoisotopic (exact) mass is 353 g/mol. The number of nitrogens with zero attached hydrogens (tertiary/aromatic N) is 2. The van der Waals surface area contributed by atoms with E-state index >= 15 is 0 Å². The van der Waals surface area contributed by atoms with E-state index in [2.05, 4.69) is 34.4 Å². The number of rotatable bonds is 2. The lowest BCUT2D eigenvalue weighted by molar-refractivity contribution is -0.159. The van der Waals surface area contributed by atoms with Crippen molar-refractivity contribution in [2.75, 3.05) is 38.7 Å². The Bertz CT molecular complexity index is 653. The summed E-state index contributed by atoms with van der Waals surface area (Å²) in [4.78, 5) is 26.3. The van der Waals surface area contributed by atoms with Crippen molar-refractivity contribution < 1.29 is 24.5 Å². The first-order chi connectivity index (χ1) is 11.4. The molecule has 0 spiro atoms. The fourth-order valence-electron chi connectivity index (χ4n) is 2.33. The van der Waals surface area contributed by atoms with Crippen LogP contribution in [0.1, 0.15) is 0 Å². The van der Waals surface area contributed by atoms with Crippen molar-refractivity contribution in [2.24, 2.45) is 4.99 Å². The first kappa shape index (κ1) is 17.9. The smallest absolute Gasteiger partial charge is 0.414 e. The van der Waals surface area contributed by atoms with E-state index in [1.807, 2.05) is 17.8 Å². The van der Waals surface area contributed by atoms with Crippen LogP contribution in [-0.4, -0.2) is 67.0 Å². The molecule has 0 aliphatic carbocycles. The van der Waals surface area contributed by atoms with E-state index in [4.69, 9.17) is 24.5 Å². The molecule has 0 fully saturated rings. The number of nitrogens with one attached hydrogen (secondary N) is 1. The van der Waals surface area contributed by atoms with Gasteiger partial charge in [0.25, 0.3) is 0 Å².